The Bertz CT molecular complexity index is 1080. The minimum Gasteiger partial charge on any atom is -0.467 e. The lowest BCUT2D eigenvalue weighted by Gasteiger charge is -2.29. The first-order chi connectivity index (χ1) is 17.1. The minimum atomic E-state index is -0.299. The molecule has 1 saturated heterocycles. The van der Waals surface area contributed by atoms with E-state index in [1.807, 2.05) is 66.7 Å². The summed E-state index contributed by atoms with van der Waals surface area (Å²) in [6.07, 6.45) is 4.18. The van der Waals surface area contributed by atoms with Gasteiger partial charge in [0.1, 0.15) is 12.3 Å². The van der Waals surface area contributed by atoms with Crippen molar-refractivity contribution in [1.82, 2.24) is 9.80 Å². The third-order valence-corrected chi connectivity index (χ3v) is 6.20. The molecule has 0 radical (unpaired) electrons. The molecule has 7 heteroatoms. The highest BCUT2D eigenvalue weighted by molar-refractivity contribution is 5.93. The number of anilines is 1. The molecule has 7 nitrogen and oxygen atoms in total. The van der Waals surface area contributed by atoms with Crippen LogP contribution in [0, 0.1) is 0 Å². The Hall–Kier alpha value is -3.58. The fraction of sp³-hybridized carbons (Fsp3) is 0.357. The maximum absolute atomic E-state index is 13.6. The topological polar surface area (TPSA) is 75.0 Å². The van der Waals surface area contributed by atoms with E-state index in [0.29, 0.717) is 32.0 Å². The third-order valence-electron chi connectivity index (χ3n) is 6.20. The lowest BCUT2D eigenvalue weighted by Crippen LogP contribution is -2.47. The summed E-state index contributed by atoms with van der Waals surface area (Å²) < 4.78 is 11.3. The van der Waals surface area contributed by atoms with Gasteiger partial charge < -0.3 is 24.3 Å². The van der Waals surface area contributed by atoms with Crippen LogP contribution >= 0.6 is 0 Å². The molecular formula is C28H33N3O4. The summed E-state index contributed by atoms with van der Waals surface area (Å²) in [5, 5.41) is 3.02. The predicted molar refractivity (Wildman–Crippen MR) is 135 cm³/mol. The number of aryl methyl sites for hydroxylation is 1. The Morgan fingerprint density at radius 2 is 1.77 bits per heavy atom. The minimum absolute atomic E-state index is 0.0481. The highest BCUT2D eigenvalue weighted by Gasteiger charge is 2.27. The van der Waals surface area contributed by atoms with Gasteiger partial charge in [0.05, 0.1) is 18.9 Å². The van der Waals surface area contributed by atoms with E-state index in [-0.39, 0.29) is 24.6 Å². The average Bonchev–Trinajstić information content (AvgIpc) is 3.59. The second-order valence-electron chi connectivity index (χ2n) is 8.77. The van der Waals surface area contributed by atoms with Crippen LogP contribution in [-0.4, -0.2) is 47.5 Å². The van der Waals surface area contributed by atoms with Crippen molar-refractivity contribution in [2.24, 2.45) is 0 Å². The number of carbonyl (C=O) groups excluding carboxylic acids is 2. The van der Waals surface area contributed by atoms with Gasteiger partial charge in [-0.05, 0) is 48.6 Å². The summed E-state index contributed by atoms with van der Waals surface area (Å²) in [4.78, 5) is 30.2. The number of urea groups is 1. The Morgan fingerprint density at radius 1 is 0.971 bits per heavy atom. The van der Waals surface area contributed by atoms with Crippen molar-refractivity contribution in [3.63, 3.8) is 0 Å². The zero-order valence-electron chi connectivity index (χ0n) is 20.2. The van der Waals surface area contributed by atoms with Crippen LogP contribution < -0.4 is 5.32 Å². The van der Waals surface area contributed by atoms with Crippen LogP contribution in [0.3, 0.4) is 0 Å². The molecule has 1 fully saturated rings. The Balaban J connectivity index is 1.51. The van der Waals surface area contributed by atoms with Gasteiger partial charge in [0.2, 0.25) is 5.91 Å². The number of furan rings is 1. The maximum atomic E-state index is 13.6. The van der Waals surface area contributed by atoms with Crippen molar-refractivity contribution in [2.75, 3.05) is 25.0 Å². The Labute approximate surface area is 206 Å². The first kappa shape index (κ1) is 24.5. The van der Waals surface area contributed by atoms with Gasteiger partial charge in [-0.1, -0.05) is 55.5 Å². The lowest BCUT2D eigenvalue weighted by molar-refractivity contribution is -0.133. The van der Waals surface area contributed by atoms with Gasteiger partial charge in [-0.2, -0.15) is 0 Å². The van der Waals surface area contributed by atoms with Gasteiger partial charge in [-0.15, -0.1) is 0 Å². The molecule has 3 amide bonds. The molecular weight excluding hydrogens is 442 g/mol. The summed E-state index contributed by atoms with van der Waals surface area (Å²) in [5.74, 6) is 0.545. The number of carbonyl (C=O) groups is 2. The number of hydrogen-bond acceptors (Lipinski definition) is 4. The monoisotopic (exact) mass is 475 g/mol. The van der Waals surface area contributed by atoms with Crippen LogP contribution in [0.5, 0.6) is 0 Å². The molecule has 1 aliphatic rings. The highest BCUT2D eigenvalue weighted by atomic mass is 16.5. The summed E-state index contributed by atoms with van der Waals surface area (Å²) >= 11 is 0. The van der Waals surface area contributed by atoms with Crippen molar-refractivity contribution >= 4 is 17.6 Å². The summed E-state index contributed by atoms with van der Waals surface area (Å²) in [6.45, 7) is 3.81. The van der Waals surface area contributed by atoms with E-state index in [9.17, 15) is 9.59 Å². The SMILES string of the molecule is CCc1ccccc1NC(=O)N(CC(=O)N(Cc1ccccc1)Cc1ccco1)CC1CCCO1. The van der Waals surface area contributed by atoms with Crippen LogP contribution in [-0.2, 0) is 29.0 Å². The molecule has 0 bridgehead atoms. The van der Waals surface area contributed by atoms with Crippen molar-refractivity contribution in [3.8, 4) is 0 Å². The molecule has 184 valence electrons. The van der Waals surface area contributed by atoms with E-state index in [1.54, 1.807) is 16.1 Å². The molecule has 1 aliphatic heterocycles. The number of rotatable bonds is 10. The number of ether oxygens (including phenoxy) is 1. The average molecular weight is 476 g/mol. The molecule has 0 saturated carbocycles. The molecule has 3 aromatic rings. The number of nitrogens with zero attached hydrogens (tertiary/aromatic N) is 2. The Kier molecular flexibility index (Phi) is 8.57. The van der Waals surface area contributed by atoms with Crippen LogP contribution in [0.15, 0.2) is 77.4 Å². The van der Waals surface area contributed by atoms with Gasteiger partial charge in [0, 0.05) is 25.4 Å². The smallest absolute Gasteiger partial charge is 0.322 e. The maximum Gasteiger partial charge on any atom is 0.322 e. The van der Waals surface area contributed by atoms with Crippen LogP contribution in [0.1, 0.15) is 36.7 Å². The second kappa shape index (κ2) is 12.2. The first-order valence-corrected chi connectivity index (χ1v) is 12.2. The summed E-state index contributed by atoms with van der Waals surface area (Å²) in [5.41, 5.74) is 2.83. The number of amides is 3. The lowest BCUT2D eigenvalue weighted by atomic mass is 10.1. The van der Waals surface area contributed by atoms with E-state index in [0.717, 1.165) is 36.1 Å². The van der Waals surface area contributed by atoms with Crippen molar-refractivity contribution < 1.29 is 18.7 Å². The number of benzene rings is 2. The highest BCUT2D eigenvalue weighted by Crippen LogP contribution is 2.19. The molecule has 1 N–H and O–H groups in total. The van der Waals surface area contributed by atoms with Crippen LogP contribution in [0.25, 0.3) is 0 Å². The van der Waals surface area contributed by atoms with Crippen LogP contribution in [0.4, 0.5) is 10.5 Å². The van der Waals surface area contributed by atoms with E-state index in [4.69, 9.17) is 9.15 Å². The van der Waals surface area contributed by atoms with Crippen molar-refractivity contribution in [1.29, 1.82) is 0 Å². The fourth-order valence-corrected chi connectivity index (χ4v) is 4.29. The molecule has 4 rings (SSSR count). The van der Waals surface area contributed by atoms with Crippen LogP contribution in [0.2, 0.25) is 0 Å². The van der Waals surface area contributed by atoms with Gasteiger partial charge in [-0.25, -0.2) is 4.79 Å². The zero-order chi connectivity index (χ0) is 24.5. The predicted octanol–water partition coefficient (Wildman–Crippen LogP) is 5.08. The fourth-order valence-electron chi connectivity index (χ4n) is 4.29. The summed E-state index contributed by atoms with van der Waals surface area (Å²) in [7, 11) is 0. The second-order valence-corrected chi connectivity index (χ2v) is 8.77. The number of hydrogen-bond donors (Lipinski definition) is 1. The van der Waals surface area contributed by atoms with Crippen molar-refractivity contribution in [3.05, 3.63) is 89.9 Å². The summed E-state index contributed by atoms with van der Waals surface area (Å²) in [6, 6.07) is 20.9. The number of para-hydroxylation sites is 1. The molecule has 35 heavy (non-hydrogen) atoms. The largest absolute Gasteiger partial charge is 0.467 e. The quantitative estimate of drug-likeness (QED) is 0.444. The normalized spacial score (nSPS) is 15.1. The zero-order valence-corrected chi connectivity index (χ0v) is 20.2. The molecule has 0 aliphatic carbocycles. The van der Waals surface area contributed by atoms with Gasteiger partial charge in [0.25, 0.3) is 0 Å². The first-order valence-electron chi connectivity index (χ1n) is 12.2. The molecule has 1 unspecified atom stereocenters. The molecule has 1 aromatic heterocycles. The van der Waals surface area contributed by atoms with E-state index < -0.39 is 0 Å². The molecule has 2 heterocycles. The molecule has 2 aromatic carbocycles. The Morgan fingerprint density at radius 3 is 2.49 bits per heavy atom. The van der Waals surface area contributed by atoms with E-state index >= 15 is 0 Å². The van der Waals surface area contributed by atoms with Crippen molar-refractivity contribution in [2.45, 2.75) is 45.4 Å². The van der Waals surface area contributed by atoms with E-state index in [2.05, 4.69) is 12.2 Å². The molecule has 0 spiro atoms. The standard InChI is InChI=1S/C28H33N3O4/c1-2-23-12-6-7-15-26(23)29-28(33)31(20-25-14-9-17-35-25)21-27(32)30(19-24-13-8-16-34-24)18-22-10-4-3-5-11-22/h3-8,10-13,15-16,25H,2,9,14,17-21H2,1H3,(H,29,33). The number of nitrogens with one attached hydrogen (secondary N) is 1. The van der Waals surface area contributed by atoms with Gasteiger partial charge >= 0.3 is 6.03 Å². The van der Waals surface area contributed by atoms with Gasteiger partial charge in [0.15, 0.2) is 0 Å². The molecule has 1 atom stereocenters. The van der Waals surface area contributed by atoms with Gasteiger partial charge in [-0.3, -0.25) is 4.79 Å². The third kappa shape index (κ3) is 6.96. The van der Waals surface area contributed by atoms with E-state index in [1.165, 1.54) is 0 Å².